The van der Waals surface area contributed by atoms with E-state index >= 15 is 0 Å². The van der Waals surface area contributed by atoms with Gasteiger partial charge in [0.15, 0.2) is 0 Å². The van der Waals surface area contributed by atoms with E-state index in [-0.39, 0.29) is 0 Å². The van der Waals surface area contributed by atoms with Crippen LogP contribution in [-0.4, -0.2) is 11.1 Å². The number of rotatable bonds is 18. The Bertz CT molecular complexity index is 235. The van der Waals surface area contributed by atoms with Gasteiger partial charge in [-0.15, -0.1) is 0 Å². The molecule has 0 aromatic heterocycles. The maximum absolute atomic E-state index is 10.3. The molecule has 0 heterocycles. The SMILES string of the molecule is CCCCCC.CCCCCC.CCCCCCCCCCCCCC(=O)O. The van der Waals surface area contributed by atoms with Gasteiger partial charge in [0, 0.05) is 6.42 Å². The standard InChI is InChI=1S/C14H28O2.2C6H14/c1-2-3-4-5-6-7-8-9-10-11-12-13-14(15)16;2*1-3-5-6-4-2/h2-13H2,1H3,(H,15,16);2*3-6H2,1-2H3. The highest BCUT2D eigenvalue weighted by atomic mass is 16.4. The van der Waals surface area contributed by atoms with Crippen molar-refractivity contribution in [2.45, 2.75) is 163 Å². The van der Waals surface area contributed by atoms with Gasteiger partial charge in [0.2, 0.25) is 0 Å². The van der Waals surface area contributed by atoms with Crippen molar-refractivity contribution in [3.8, 4) is 0 Å². The molecule has 2 nitrogen and oxygen atoms in total. The van der Waals surface area contributed by atoms with Crippen LogP contribution in [0.5, 0.6) is 0 Å². The summed E-state index contributed by atoms with van der Waals surface area (Å²) in [5.74, 6) is -0.657. The third-order valence-corrected chi connectivity index (χ3v) is 4.91. The molecule has 2 heteroatoms. The zero-order chi connectivity index (χ0) is 21.7. The first kappa shape index (κ1) is 32.1. The fourth-order valence-corrected chi connectivity index (χ4v) is 2.94. The lowest BCUT2D eigenvalue weighted by Gasteiger charge is -2.01. The Balaban J connectivity index is -0.000000426. The molecule has 1 N–H and O–H groups in total. The molecule has 0 rings (SSSR count). The first-order valence-corrected chi connectivity index (χ1v) is 12.8. The fourth-order valence-electron chi connectivity index (χ4n) is 2.94. The minimum absolute atomic E-state index is 0.344. The summed E-state index contributed by atoms with van der Waals surface area (Å²) in [5, 5.41) is 8.46. The van der Waals surface area contributed by atoms with Gasteiger partial charge in [0.1, 0.15) is 0 Å². The van der Waals surface area contributed by atoms with Crippen molar-refractivity contribution in [3.63, 3.8) is 0 Å². The number of aliphatic carboxylic acids is 1. The van der Waals surface area contributed by atoms with Crippen molar-refractivity contribution >= 4 is 5.97 Å². The smallest absolute Gasteiger partial charge is 0.303 e. The van der Waals surface area contributed by atoms with Crippen LogP contribution in [-0.2, 0) is 4.79 Å². The summed E-state index contributed by atoms with van der Waals surface area (Å²) in [4.78, 5) is 10.3. The van der Waals surface area contributed by atoms with E-state index in [0.717, 1.165) is 12.8 Å². The first-order chi connectivity index (χ1) is 13.6. The number of carboxylic acids is 1. The predicted octanol–water partition coefficient (Wildman–Crippen LogP) is 9.95. The minimum Gasteiger partial charge on any atom is -0.481 e. The second-order valence-corrected chi connectivity index (χ2v) is 8.09. The van der Waals surface area contributed by atoms with Gasteiger partial charge in [-0.1, -0.05) is 150 Å². The van der Waals surface area contributed by atoms with Gasteiger partial charge in [0.05, 0.1) is 0 Å². The van der Waals surface area contributed by atoms with E-state index in [0.29, 0.717) is 6.42 Å². The molecule has 0 bridgehead atoms. The van der Waals surface area contributed by atoms with Gasteiger partial charge in [-0.3, -0.25) is 4.79 Å². The number of carboxylic acid groups (broad SMARTS) is 1. The Morgan fingerprint density at radius 3 is 0.893 bits per heavy atom. The van der Waals surface area contributed by atoms with Crippen LogP contribution < -0.4 is 0 Å². The highest BCUT2D eigenvalue weighted by Crippen LogP contribution is 2.11. The Morgan fingerprint density at radius 1 is 0.429 bits per heavy atom. The summed E-state index contributed by atoms with van der Waals surface area (Å²) in [6.45, 7) is 11.2. The van der Waals surface area contributed by atoms with Gasteiger partial charge in [-0.25, -0.2) is 0 Å². The number of hydrogen-bond acceptors (Lipinski definition) is 1. The first-order valence-electron chi connectivity index (χ1n) is 12.8. The van der Waals surface area contributed by atoms with Crippen LogP contribution in [0.2, 0.25) is 0 Å². The van der Waals surface area contributed by atoms with Crippen LogP contribution in [0.1, 0.15) is 163 Å². The van der Waals surface area contributed by atoms with Gasteiger partial charge in [0.25, 0.3) is 0 Å². The van der Waals surface area contributed by atoms with Gasteiger partial charge < -0.3 is 5.11 Å². The number of hydrogen-bond donors (Lipinski definition) is 1. The molecule has 0 aromatic carbocycles. The molecule has 0 aliphatic heterocycles. The second-order valence-electron chi connectivity index (χ2n) is 8.09. The number of carbonyl (C=O) groups is 1. The summed E-state index contributed by atoms with van der Waals surface area (Å²) >= 11 is 0. The summed E-state index contributed by atoms with van der Waals surface area (Å²) in [6.07, 6.45) is 25.4. The topological polar surface area (TPSA) is 37.3 Å². The fraction of sp³-hybridized carbons (Fsp3) is 0.962. The third kappa shape index (κ3) is 44.7. The van der Waals surface area contributed by atoms with E-state index in [1.54, 1.807) is 0 Å². The van der Waals surface area contributed by atoms with Gasteiger partial charge >= 0.3 is 5.97 Å². The Morgan fingerprint density at radius 2 is 0.643 bits per heavy atom. The van der Waals surface area contributed by atoms with E-state index in [2.05, 4.69) is 34.6 Å². The lowest BCUT2D eigenvalue weighted by Crippen LogP contribution is -1.93. The van der Waals surface area contributed by atoms with Crippen LogP contribution in [0, 0.1) is 0 Å². The molecule has 0 fully saturated rings. The highest BCUT2D eigenvalue weighted by molar-refractivity contribution is 5.66. The Hall–Kier alpha value is -0.530. The van der Waals surface area contributed by atoms with Crippen LogP contribution in [0.4, 0.5) is 0 Å². The zero-order valence-electron chi connectivity index (χ0n) is 20.5. The Labute approximate surface area is 179 Å². The molecular weight excluding hydrogens is 344 g/mol. The molecule has 0 aromatic rings. The molecule has 28 heavy (non-hydrogen) atoms. The molecule has 172 valence electrons. The normalized spacial score (nSPS) is 9.89. The summed E-state index contributed by atoms with van der Waals surface area (Å²) < 4.78 is 0. The average molecular weight is 401 g/mol. The molecule has 0 spiro atoms. The van der Waals surface area contributed by atoms with Crippen LogP contribution in [0.3, 0.4) is 0 Å². The Kier molecular flexibility index (Phi) is 39.0. The molecule has 0 aliphatic carbocycles. The van der Waals surface area contributed by atoms with Crippen LogP contribution in [0.15, 0.2) is 0 Å². The van der Waals surface area contributed by atoms with E-state index < -0.39 is 5.97 Å². The van der Waals surface area contributed by atoms with Gasteiger partial charge in [-0.05, 0) is 6.42 Å². The third-order valence-electron chi connectivity index (χ3n) is 4.91. The summed E-state index contributed by atoms with van der Waals surface area (Å²) in [7, 11) is 0. The lowest BCUT2D eigenvalue weighted by atomic mass is 10.1. The van der Waals surface area contributed by atoms with E-state index in [1.807, 2.05) is 0 Å². The summed E-state index contributed by atoms with van der Waals surface area (Å²) in [5.41, 5.74) is 0. The lowest BCUT2D eigenvalue weighted by molar-refractivity contribution is -0.137. The number of unbranched alkanes of at least 4 members (excludes halogenated alkanes) is 16. The average Bonchev–Trinajstić information content (AvgIpc) is 2.69. The maximum atomic E-state index is 10.3. The van der Waals surface area contributed by atoms with Crippen molar-refractivity contribution in [1.29, 1.82) is 0 Å². The van der Waals surface area contributed by atoms with Crippen LogP contribution >= 0.6 is 0 Å². The van der Waals surface area contributed by atoms with E-state index in [1.165, 1.54) is 109 Å². The van der Waals surface area contributed by atoms with Crippen molar-refractivity contribution in [1.82, 2.24) is 0 Å². The molecule has 0 atom stereocenters. The monoisotopic (exact) mass is 400 g/mol. The molecule has 0 amide bonds. The molecule has 0 saturated heterocycles. The maximum Gasteiger partial charge on any atom is 0.303 e. The predicted molar refractivity (Wildman–Crippen MR) is 128 cm³/mol. The van der Waals surface area contributed by atoms with Crippen molar-refractivity contribution < 1.29 is 9.90 Å². The van der Waals surface area contributed by atoms with Crippen molar-refractivity contribution in [2.24, 2.45) is 0 Å². The van der Waals surface area contributed by atoms with Crippen LogP contribution in [0.25, 0.3) is 0 Å². The van der Waals surface area contributed by atoms with Crippen molar-refractivity contribution in [3.05, 3.63) is 0 Å². The molecule has 0 saturated carbocycles. The highest BCUT2D eigenvalue weighted by Gasteiger charge is 1.96. The second kappa shape index (κ2) is 34.0. The van der Waals surface area contributed by atoms with E-state index in [4.69, 9.17) is 5.11 Å². The van der Waals surface area contributed by atoms with Gasteiger partial charge in [-0.2, -0.15) is 0 Å². The molecule has 0 unspecified atom stereocenters. The van der Waals surface area contributed by atoms with E-state index in [9.17, 15) is 4.79 Å². The van der Waals surface area contributed by atoms with Crippen molar-refractivity contribution in [2.75, 3.05) is 0 Å². The molecule has 0 aliphatic rings. The molecule has 0 radical (unpaired) electrons. The largest absolute Gasteiger partial charge is 0.481 e. The minimum atomic E-state index is -0.657. The zero-order valence-corrected chi connectivity index (χ0v) is 20.5. The molecular formula is C26H56O2. The summed E-state index contributed by atoms with van der Waals surface area (Å²) in [6, 6.07) is 0. The quantitative estimate of drug-likeness (QED) is 0.232.